The summed E-state index contributed by atoms with van der Waals surface area (Å²) in [6, 6.07) is 5.04. The summed E-state index contributed by atoms with van der Waals surface area (Å²) in [4.78, 5) is 19.5. The van der Waals surface area contributed by atoms with Crippen molar-refractivity contribution in [1.82, 2.24) is 0 Å². The molecule has 0 bridgehead atoms. The van der Waals surface area contributed by atoms with Crippen LogP contribution in [0.15, 0.2) is 24.3 Å². The Balaban J connectivity index is 3.53. The summed E-state index contributed by atoms with van der Waals surface area (Å²) in [7, 11) is -6.73. The lowest BCUT2D eigenvalue weighted by atomic mass is 10.2. The molecule has 10 heteroatoms. The van der Waals surface area contributed by atoms with E-state index in [1.807, 2.05) is 0 Å². The molecule has 0 saturated heterocycles. The first-order valence-electron chi connectivity index (χ1n) is 5.30. The highest BCUT2D eigenvalue weighted by Gasteiger charge is 2.63. The van der Waals surface area contributed by atoms with Gasteiger partial charge >= 0.3 is 15.2 Å². The molecular weight excluding hydrogens is 310 g/mol. The van der Waals surface area contributed by atoms with E-state index in [4.69, 9.17) is 4.74 Å². The van der Waals surface area contributed by atoms with Gasteiger partial charge in [0.1, 0.15) is 5.75 Å². The quantitative estimate of drug-likeness (QED) is 0.672. The van der Waals surface area contributed by atoms with Gasteiger partial charge in [0, 0.05) is 19.8 Å². The molecule has 3 N–H and O–H groups in total. The third kappa shape index (κ3) is 2.69. The van der Waals surface area contributed by atoms with Crippen LogP contribution in [-0.4, -0.2) is 36.2 Å². The first-order valence-corrected chi connectivity index (χ1v) is 8.46. The Kier molecular flexibility index (Phi) is 5.16. The second-order valence-corrected chi connectivity index (χ2v) is 8.23. The minimum Gasteiger partial charge on any atom is -0.497 e. The molecule has 0 aliphatic rings. The zero-order chi connectivity index (χ0) is 15.6. The van der Waals surface area contributed by atoms with Gasteiger partial charge in [-0.05, 0) is 12.1 Å². The maximum absolute atomic E-state index is 12.0. The van der Waals surface area contributed by atoms with Crippen molar-refractivity contribution in [3.8, 4) is 5.75 Å². The highest BCUT2D eigenvalue weighted by atomic mass is 31.2. The average Bonchev–Trinajstić information content (AvgIpc) is 2.46. The Morgan fingerprint density at radius 3 is 1.65 bits per heavy atom. The highest BCUT2D eigenvalue weighted by Crippen LogP contribution is 2.76. The predicted molar refractivity (Wildman–Crippen MR) is 70.6 cm³/mol. The van der Waals surface area contributed by atoms with Gasteiger partial charge < -0.3 is 28.7 Å². The molecule has 0 aromatic heterocycles. The number of ether oxygens (including phenoxy) is 1. The summed E-state index contributed by atoms with van der Waals surface area (Å²) in [6.45, 7) is 0. The van der Waals surface area contributed by atoms with E-state index < -0.39 is 20.3 Å². The molecule has 0 heterocycles. The van der Waals surface area contributed by atoms with Crippen LogP contribution in [0.1, 0.15) is 5.56 Å². The molecule has 0 fully saturated rings. The monoisotopic (exact) mass is 326 g/mol. The Morgan fingerprint density at radius 1 is 0.950 bits per heavy atom. The van der Waals surface area contributed by atoms with E-state index in [0.717, 1.165) is 14.2 Å². The first kappa shape index (κ1) is 17.3. The third-order valence-corrected chi connectivity index (χ3v) is 7.36. The fourth-order valence-corrected chi connectivity index (χ4v) is 4.78. The van der Waals surface area contributed by atoms with E-state index in [1.54, 1.807) is 0 Å². The summed E-state index contributed by atoms with van der Waals surface area (Å²) in [6.07, 6.45) is 0. The molecule has 20 heavy (non-hydrogen) atoms. The second-order valence-electron chi connectivity index (χ2n) is 3.77. The van der Waals surface area contributed by atoms with E-state index in [9.17, 15) is 24.0 Å². The number of aliphatic hydroxyl groups is 1. The van der Waals surface area contributed by atoms with Gasteiger partial charge in [-0.15, -0.1) is 0 Å². The zero-order valence-corrected chi connectivity index (χ0v) is 12.9. The van der Waals surface area contributed by atoms with Crippen molar-refractivity contribution in [2.75, 3.05) is 21.3 Å². The molecule has 114 valence electrons. The molecule has 0 saturated carbocycles. The number of rotatable bonds is 6. The van der Waals surface area contributed by atoms with E-state index in [1.165, 1.54) is 31.4 Å². The van der Waals surface area contributed by atoms with Crippen LogP contribution < -0.4 is 4.74 Å². The van der Waals surface area contributed by atoms with Crippen molar-refractivity contribution < 1.29 is 37.8 Å². The summed E-state index contributed by atoms with van der Waals surface area (Å²) in [5.41, 5.74) is -0.307. The minimum absolute atomic E-state index is 0.307. The van der Waals surface area contributed by atoms with Crippen LogP contribution in [0.3, 0.4) is 0 Å². The Labute approximate surface area is 116 Å². The normalized spacial score (nSPS) is 20.5. The van der Waals surface area contributed by atoms with Crippen LogP contribution in [0.4, 0.5) is 0 Å². The van der Waals surface area contributed by atoms with Crippen LogP contribution in [0.2, 0.25) is 0 Å². The molecular formula is C10H16O8P2. The molecule has 1 aromatic carbocycles. The maximum atomic E-state index is 12.0. The molecule has 0 amide bonds. The summed E-state index contributed by atoms with van der Waals surface area (Å²) in [5.74, 6) is 0.395. The zero-order valence-electron chi connectivity index (χ0n) is 11.1. The van der Waals surface area contributed by atoms with Gasteiger partial charge in [-0.3, -0.25) is 9.13 Å². The summed E-state index contributed by atoms with van der Waals surface area (Å²) in [5, 5.41) is 7.28. The van der Waals surface area contributed by atoms with Crippen LogP contribution in [0, 0.1) is 0 Å². The summed E-state index contributed by atoms with van der Waals surface area (Å²) < 4.78 is 37.5. The van der Waals surface area contributed by atoms with Crippen LogP contribution in [0.25, 0.3) is 0 Å². The number of benzene rings is 1. The number of hydrogen-bond acceptors (Lipinski definition) is 6. The van der Waals surface area contributed by atoms with Gasteiger partial charge in [0.25, 0.3) is 5.08 Å². The smallest absolute Gasteiger partial charge is 0.376 e. The SMILES string of the molecule is COc1ccc(C(O)(P(=O)(O)OC)P(=O)(O)OC)cc1. The van der Waals surface area contributed by atoms with Crippen LogP contribution >= 0.6 is 15.2 Å². The van der Waals surface area contributed by atoms with Crippen molar-refractivity contribution in [1.29, 1.82) is 0 Å². The van der Waals surface area contributed by atoms with Crippen molar-refractivity contribution in [3.05, 3.63) is 29.8 Å². The molecule has 8 nitrogen and oxygen atoms in total. The minimum atomic E-state index is -4.90. The maximum Gasteiger partial charge on any atom is 0.376 e. The first-order chi connectivity index (χ1) is 9.16. The highest BCUT2D eigenvalue weighted by molar-refractivity contribution is 7.72. The Morgan fingerprint density at radius 2 is 1.35 bits per heavy atom. The van der Waals surface area contributed by atoms with Crippen LogP contribution in [-0.2, 0) is 23.3 Å². The van der Waals surface area contributed by atoms with Crippen molar-refractivity contribution >= 4 is 15.2 Å². The second kappa shape index (κ2) is 5.95. The van der Waals surface area contributed by atoms with E-state index in [-0.39, 0.29) is 5.56 Å². The molecule has 0 spiro atoms. The number of hydrogen-bond donors (Lipinski definition) is 3. The molecule has 0 aliphatic carbocycles. The lowest BCUT2D eigenvalue weighted by molar-refractivity contribution is 0.117. The van der Waals surface area contributed by atoms with E-state index >= 15 is 0 Å². The number of methoxy groups -OCH3 is 1. The lowest BCUT2D eigenvalue weighted by Gasteiger charge is -2.33. The fourth-order valence-electron chi connectivity index (χ4n) is 1.56. The largest absolute Gasteiger partial charge is 0.497 e. The van der Waals surface area contributed by atoms with Crippen molar-refractivity contribution in [2.45, 2.75) is 5.08 Å². The van der Waals surface area contributed by atoms with E-state index in [0.29, 0.717) is 5.75 Å². The molecule has 0 aliphatic heterocycles. The van der Waals surface area contributed by atoms with Gasteiger partial charge in [0.05, 0.1) is 7.11 Å². The molecule has 1 rings (SSSR count). The summed E-state index contributed by atoms with van der Waals surface area (Å²) >= 11 is 0. The lowest BCUT2D eigenvalue weighted by Crippen LogP contribution is -2.27. The molecule has 2 unspecified atom stereocenters. The van der Waals surface area contributed by atoms with E-state index in [2.05, 4.69) is 9.05 Å². The molecule has 1 aromatic rings. The topological polar surface area (TPSA) is 123 Å². The molecule has 0 radical (unpaired) electrons. The van der Waals surface area contributed by atoms with Crippen LogP contribution in [0.5, 0.6) is 5.75 Å². The van der Waals surface area contributed by atoms with Crippen molar-refractivity contribution in [3.63, 3.8) is 0 Å². The predicted octanol–water partition coefficient (Wildman–Crippen LogP) is 1.46. The van der Waals surface area contributed by atoms with Crippen molar-refractivity contribution in [2.24, 2.45) is 0 Å². The van der Waals surface area contributed by atoms with Gasteiger partial charge in [-0.25, -0.2) is 0 Å². The standard InChI is InChI=1S/C10H16O8P2/c1-16-9-6-4-8(5-7-9)10(11,19(12,13)17-2)20(14,15)18-3/h4-7,11H,1-3H3,(H,12,13)(H,14,15). The fraction of sp³-hybridized carbons (Fsp3) is 0.400. The van der Waals surface area contributed by atoms with Gasteiger partial charge in [0.2, 0.25) is 0 Å². The average molecular weight is 326 g/mol. The third-order valence-electron chi connectivity index (χ3n) is 2.76. The molecule has 2 atom stereocenters. The van der Waals surface area contributed by atoms with Gasteiger partial charge in [-0.1, -0.05) is 12.1 Å². The Hall–Kier alpha value is -0.720. The van der Waals surface area contributed by atoms with Gasteiger partial charge in [-0.2, -0.15) is 0 Å². The van der Waals surface area contributed by atoms with Gasteiger partial charge in [0.15, 0.2) is 0 Å². The Bertz CT molecular complexity index is 531.